The first-order chi connectivity index (χ1) is 8.02. The minimum absolute atomic E-state index is 0.0423. The van der Waals surface area contributed by atoms with Crippen molar-refractivity contribution in [1.82, 2.24) is 15.2 Å². The lowest BCUT2D eigenvalue weighted by molar-refractivity contribution is -0.128. The maximum Gasteiger partial charge on any atom is 0.272 e. The van der Waals surface area contributed by atoms with Crippen LogP contribution >= 0.6 is 0 Å². The number of rotatable bonds is 4. The Hall–Kier alpha value is -2.11. The molecule has 1 aromatic heterocycles. The van der Waals surface area contributed by atoms with Crippen LogP contribution in [0, 0.1) is 0 Å². The second-order valence-corrected chi connectivity index (χ2v) is 3.74. The first-order valence-corrected chi connectivity index (χ1v) is 5.21. The molecule has 0 aromatic carbocycles. The molecule has 2 amide bonds. The Bertz CT molecular complexity index is 418. The van der Waals surface area contributed by atoms with Gasteiger partial charge in [-0.25, -0.2) is 4.98 Å². The number of nitrogen functional groups attached to an aromatic ring is 1. The van der Waals surface area contributed by atoms with Gasteiger partial charge < -0.3 is 16.0 Å². The highest BCUT2D eigenvalue weighted by Gasteiger charge is 2.11. The molecule has 17 heavy (non-hydrogen) atoms. The van der Waals surface area contributed by atoms with Gasteiger partial charge >= 0.3 is 0 Å². The fourth-order valence-corrected chi connectivity index (χ4v) is 1.20. The molecule has 3 N–H and O–H groups in total. The zero-order valence-corrected chi connectivity index (χ0v) is 9.93. The number of amides is 2. The van der Waals surface area contributed by atoms with Crippen molar-refractivity contribution < 1.29 is 9.59 Å². The summed E-state index contributed by atoms with van der Waals surface area (Å²) in [5, 5.41) is 2.60. The summed E-state index contributed by atoms with van der Waals surface area (Å²) in [6.45, 7) is 0.270. The Balaban J connectivity index is 2.46. The van der Waals surface area contributed by atoms with Gasteiger partial charge in [0.2, 0.25) is 5.91 Å². The number of carbonyl (C=O) groups excluding carboxylic acids is 2. The van der Waals surface area contributed by atoms with Gasteiger partial charge in [0, 0.05) is 33.3 Å². The van der Waals surface area contributed by atoms with Crippen LogP contribution in [0.1, 0.15) is 16.9 Å². The molecule has 0 bridgehead atoms. The molecule has 6 nitrogen and oxygen atoms in total. The van der Waals surface area contributed by atoms with Crippen molar-refractivity contribution >= 4 is 17.5 Å². The van der Waals surface area contributed by atoms with Crippen LogP contribution in [0.5, 0.6) is 0 Å². The van der Waals surface area contributed by atoms with Crippen molar-refractivity contribution in [2.45, 2.75) is 6.42 Å². The fraction of sp³-hybridized carbons (Fsp3) is 0.364. The van der Waals surface area contributed by atoms with Crippen LogP contribution in [-0.4, -0.2) is 42.3 Å². The summed E-state index contributed by atoms with van der Waals surface area (Å²) < 4.78 is 0. The van der Waals surface area contributed by atoms with Gasteiger partial charge in [0.05, 0.1) is 5.69 Å². The molecule has 0 aliphatic rings. The van der Waals surface area contributed by atoms with E-state index in [0.717, 1.165) is 0 Å². The molecule has 6 heteroatoms. The summed E-state index contributed by atoms with van der Waals surface area (Å²) in [7, 11) is 3.34. The van der Waals surface area contributed by atoms with E-state index in [1.807, 2.05) is 0 Å². The summed E-state index contributed by atoms with van der Waals surface area (Å²) in [5.41, 5.74) is 6.11. The quantitative estimate of drug-likeness (QED) is 0.762. The van der Waals surface area contributed by atoms with Gasteiger partial charge in [-0.1, -0.05) is 0 Å². The monoisotopic (exact) mass is 236 g/mol. The predicted molar refractivity (Wildman–Crippen MR) is 64.3 cm³/mol. The number of pyridine rings is 1. The van der Waals surface area contributed by atoms with Gasteiger partial charge in [0.1, 0.15) is 0 Å². The summed E-state index contributed by atoms with van der Waals surface area (Å²) >= 11 is 0. The van der Waals surface area contributed by atoms with E-state index < -0.39 is 0 Å². The second-order valence-electron chi connectivity index (χ2n) is 3.74. The van der Waals surface area contributed by atoms with Crippen LogP contribution in [0.25, 0.3) is 0 Å². The van der Waals surface area contributed by atoms with Gasteiger partial charge in [0.15, 0.2) is 5.69 Å². The highest BCUT2D eigenvalue weighted by molar-refractivity contribution is 5.97. The molecular formula is C11H16N4O2. The summed E-state index contributed by atoms with van der Waals surface area (Å²) in [4.78, 5) is 28.3. The van der Waals surface area contributed by atoms with Crippen molar-refractivity contribution in [3.05, 3.63) is 24.0 Å². The minimum Gasteiger partial charge on any atom is -0.397 e. The Kier molecular flexibility index (Phi) is 4.45. The average molecular weight is 236 g/mol. The first kappa shape index (κ1) is 13.0. The number of hydrogen-bond acceptors (Lipinski definition) is 4. The van der Waals surface area contributed by atoms with Gasteiger partial charge in [0.25, 0.3) is 5.91 Å². The summed E-state index contributed by atoms with van der Waals surface area (Å²) in [6.07, 6.45) is 1.75. The lowest BCUT2D eigenvalue weighted by Gasteiger charge is -2.10. The number of nitrogens with two attached hydrogens (primary N) is 1. The van der Waals surface area contributed by atoms with Crippen LogP contribution in [0.15, 0.2) is 18.3 Å². The Morgan fingerprint density at radius 1 is 1.47 bits per heavy atom. The highest BCUT2D eigenvalue weighted by Crippen LogP contribution is 2.05. The van der Waals surface area contributed by atoms with E-state index in [1.54, 1.807) is 26.2 Å². The molecule has 0 aliphatic carbocycles. The van der Waals surface area contributed by atoms with E-state index in [4.69, 9.17) is 5.73 Å². The normalized spacial score (nSPS) is 9.76. The van der Waals surface area contributed by atoms with Crippen LogP contribution in [0.2, 0.25) is 0 Å². The zero-order valence-electron chi connectivity index (χ0n) is 9.93. The standard InChI is InChI=1S/C11H16N4O2/c1-15(2)9(16)5-7-14-11(17)10-8(12)4-3-6-13-10/h3-4,6H,5,7,12H2,1-2H3,(H,14,17). The Morgan fingerprint density at radius 3 is 2.76 bits per heavy atom. The smallest absolute Gasteiger partial charge is 0.272 e. The second kappa shape index (κ2) is 5.83. The van der Waals surface area contributed by atoms with Crippen molar-refractivity contribution in [1.29, 1.82) is 0 Å². The highest BCUT2D eigenvalue weighted by atomic mass is 16.2. The van der Waals surface area contributed by atoms with Crippen LogP contribution < -0.4 is 11.1 Å². The number of anilines is 1. The third-order valence-electron chi connectivity index (χ3n) is 2.18. The number of carbonyl (C=O) groups is 2. The Morgan fingerprint density at radius 2 is 2.18 bits per heavy atom. The topological polar surface area (TPSA) is 88.3 Å². The first-order valence-electron chi connectivity index (χ1n) is 5.21. The number of aromatic nitrogens is 1. The van der Waals surface area contributed by atoms with Crippen molar-refractivity contribution in [3.63, 3.8) is 0 Å². The van der Waals surface area contributed by atoms with Crippen molar-refractivity contribution in [2.75, 3.05) is 26.4 Å². The third-order valence-corrected chi connectivity index (χ3v) is 2.18. The number of nitrogens with zero attached hydrogens (tertiary/aromatic N) is 2. The Labute approximate surface area is 99.8 Å². The number of hydrogen-bond donors (Lipinski definition) is 2. The molecule has 92 valence electrons. The van der Waals surface area contributed by atoms with E-state index in [1.165, 1.54) is 11.1 Å². The molecule has 1 aromatic rings. The predicted octanol–water partition coefficient (Wildman–Crippen LogP) is -0.128. The van der Waals surface area contributed by atoms with Gasteiger partial charge in [-0.2, -0.15) is 0 Å². The van der Waals surface area contributed by atoms with Gasteiger partial charge in [-0.05, 0) is 12.1 Å². The van der Waals surface area contributed by atoms with Crippen molar-refractivity contribution in [3.8, 4) is 0 Å². The molecule has 0 saturated heterocycles. The zero-order chi connectivity index (χ0) is 12.8. The van der Waals surface area contributed by atoms with Crippen LogP contribution in [-0.2, 0) is 4.79 Å². The molecule has 0 saturated carbocycles. The van der Waals surface area contributed by atoms with E-state index in [-0.39, 0.29) is 30.5 Å². The molecule has 0 spiro atoms. The van der Waals surface area contributed by atoms with Crippen LogP contribution in [0.4, 0.5) is 5.69 Å². The summed E-state index contributed by atoms with van der Waals surface area (Å²) in [5.74, 6) is -0.408. The molecule has 1 rings (SSSR count). The molecule has 0 aliphatic heterocycles. The molecule has 0 unspecified atom stereocenters. The molecule has 1 heterocycles. The van der Waals surface area contributed by atoms with Gasteiger partial charge in [-0.3, -0.25) is 9.59 Å². The van der Waals surface area contributed by atoms with Crippen LogP contribution in [0.3, 0.4) is 0 Å². The minimum atomic E-state index is -0.366. The average Bonchev–Trinajstić information content (AvgIpc) is 2.29. The lowest BCUT2D eigenvalue weighted by atomic mass is 10.3. The third kappa shape index (κ3) is 3.75. The summed E-state index contributed by atoms with van der Waals surface area (Å²) in [6, 6.07) is 3.26. The SMILES string of the molecule is CN(C)C(=O)CCNC(=O)c1ncccc1N. The largest absolute Gasteiger partial charge is 0.397 e. The molecule has 0 radical (unpaired) electrons. The maximum atomic E-state index is 11.6. The van der Waals surface area contributed by atoms with Crippen molar-refractivity contribution in [2.24, 2.45) is 0 Å². The molecule has 0 atom stereocenters. The van der Waals surface area contributed by atoms with Gasteiger partial charge in [-0.15, -0.1) is 0 Å². The fourth-order valence-electron chi connectivity index (χ4n) is 1.20. The lowest BCUT2D eigenvalue weighted by Crippen LogP contribution is -2.31. The molecule has 0 fully saturated rings. The van der Waals surface area contributed by atoms with E-state index in [2.05, 4.69) is 10.3 Å². The maximum absolute atomic E-state index is 11.6. The van der Waals surface area contributed by atoms with E-state index in [0.29, 0.717) is 5.69 Å². The van der Waals surface area contributed by atoms with E-state index >= 15 is 0 Å². The molecular weight excluding hydrogens is 220 g/mol. The van der Waals surface area contributed by atoms with E-state index in [9.17, 15) is 9.59 Å². The number of nitrogens with one attached hydrogen (secondary N) is 1.